The van der Waals surface area contributed by atoms with Gasteiger partial charge in [0.1, 0.15) is 18.0 Å². The fourth-order valence-electron chi connectivity index (χ4n) is 3.02. The van der Waals surface area contributed by atoms with Crippen molar-refractivity contribution in [1.82, 2.24) is 9.78 Å². The average Bonchev–Trinajstić information content (AvgIpc) is 3.19. The lowest BCUT2D eigenvalue weighted by molar-refractivity contribution is 0.102. The summed E-state index contributed by atoms with van der Waals surface area (Å²) in [6, 6.07) is 23.4. The Balaban J connectivity index is 1.58. The average molecular weight is 436 g/mol. The van der Waals surface area contributed by atoms with Crippen LogP contribution in [0.1, 0.15) is 21.5 Å². The maximum Gasteiger partial charge on any atom is 0.262 e. The summed E-state index contributed by atoms with van der Waals surface area (Å²) in [5.41, 5.74) is 2.64. The number of benzene rings is 3. The Hall–Kier alpha value is -3.64. The number of rotatable bonds is 7. The van der Waals surface area contributed by atoms with Gasteiger partial charge in [0.05, 0.1) is 11.6 Å². The van der Waals surface area contributed by atoms with Gasteiger partial charge >= 0.3 is 0 Å². The van der Waals surface area contributed by atoms with E-state index in [2.05, 4.69) is 10.4 Å². The SMILES string of the molecule is O=C(Nc1ccc(F)c(Cl)c1)c1cn(Cc2ccccc2)nc1OCc1ccccc1. The number of hydrogen-bond donors (Lipinski definition) is 1. The Morgan fingerprint density at radius 1 is 1.00 bits per heavy atom. The van der Waals surface area contributed by atoms with E-state index in [-0.39, 0.29) is 23.1 Å². The minimum Gasteiger partial charge on any atom is -0.471 e. The molecule has 31 heavy (non-hydrogen) atoms. The first kappa shape index (κ1) is 20.6. The maximum absolute atomic E-state index is 13.4. The van der Waals surface area contributed by atoms with Gasteiger partial charge in [-0.1, -0.05) is 72.3 Å². The molecule has 0 aliphatic rings. The number of nitrogens with one attached hydrogen (secondary N) is 1. The van der Waals surface area contributed by atoms with Crippen LogP contribution in [-0.2, 0) is 13.2 Å². The molecule has 0 bridgehead atoms. The smallest absolute Gasteiger partial charge is 0.262 e. The molecule has 0 aliphatic heterocycles. The van der Waals surface area contributed by atoms with E-state index >= 15 is 0 Å². The third kappa shape index (κ3) is 5.29. The first-order valence-corrected chi connectivity index (χ1v) is 10.0. The number of nitrogens with zero attached hydrogens (tertiary/aromatic N) is 2. The lowest BCUT2D eigenvalue weighted by Gasteiger charge is -2.07. The lowest BCUT2D eigenvalue weighted by atomic mass is 10.2. The summed E-state index contributed by atoms with van der Waals surface area (Å²) in [5.74, 6) is -0.766. The van der Waals surface area contributed by atoms with Crippen molar-refractivity contribution in [2.45, 2.75) is 13.2 Å². The molecule has 1 aromatic heterocycles. The topological polar surface area (TPSA) is 56.2 Å². The molecule has 7 heteroatoms. The molecular weight excluding hydrogens is 417 g/mol. The highest BCUT2D eigenvalue weighted by atomic mass is 35.5. The number of carbonyl (C=O) groups is 1. The fraction of sp³-hybridized carbons (Fsp3) is 0.0833. The largest absolute Gasteiger partial charge is 0.471 e. The van der Waals surface area contributed by atoms with Gasteiger partial charge in [-0.15, -0.1) is 5.10 Å². The quantitative estimate of drug-likeness (QED) is 0.413. The molecule has 3 aromatic carbocycles. The third-order valence-corrected chi connectivity index (χ3v) is 4.85. The summed E-state index contributed by atoms with van der Waals surface area (Å²) in [6.07, 6.45) is 1.63. The van der Waals surface area contributed by atoms with Crippen LogP contribution in [0.15, 0.2) is 85.1 Å². The van der Waals surface area contributed by atoms with Crippen LogP contribution < -0.4 is 10.1 Å². The van der Waals surface area contributed by atoms with Gasteiger partial charge in [0, 0.05) is 11.9 Å². The Kier molecular flexibility index (Phi) is 6.29. The summed E-state index contributed by atoms with van der Waals surface area (Å²) in [6.45, 7) is 0.754. The number of amides is 1. The van der Waals surface area contributed by atoms with E-state index in [9.17, 15) is 9.18 Å². The Morgan fingerprint density at radius 2 is 1.68 bits per heavy atom. The van der Waals surface area contributed by atoms with Gasteiger partial charge in [0.15, 0.2) is 0 Å². The Morgan fingerprint density at radius 3 is 2.35 bits per heavy atom. The molecule has 0 aliphatic carbocycles. The molecule has 0 unspecified atom stereocenters. The standard InChI is InChI=1S/C24H19ClFN3O2/c25-21-13-19(11-12-22(21)26)27-23(30)20-15-29(14-17-7-3-1-4-8-17)28-24(20)31-16-18-9-5-2-6-10-18/h1-13,15H,14,16H2,(H,27,30). The minimum absolute atomic E-state index is 0.0712. The van der Waals surface area contributed by atoms with Gasteiger partial charge in [-0.2, -0.15) is 0 Å². The van der Waals surface area contributed by atoms with Gasteiger partial charge < -0.3 is 10.1 Å². The Labute approximate surface area is 184 Å². The van der Waals surface area contributed by atoms with Crippen LogP contribution in [0.4, 0.5) is 10.1 Å². The molecule has 4 rings (SSSR count). The maximum atomic E-state index is 13.4. The predicted molar refractivity (Wildman–Crippen MR) is 118 cm³/mol. The minimum atomic E-state index is -0.553. The number of anilines is 1. The summed E-state index contributed by atoms with van der Waals surface area (Å²) in [5, 5.41) is 7.11. The van der Waals surface area contributed by atoms with E-state index < -0.39 is 11.7 Å². The van der Waals surface area contributed by atoms with E-state index in [0.29, 0.717) is 12.2 Å². The zero-order valence-electron chi connectivity index (χ0n) is 16.5. The predicted octanol–water partition coefficient (Wildman–Crippen LogP) is 5.56. The van der Waals surface area contributed by atoms with Crippen LogP contribution in [-0.4, -0.2) is 15.7 Å². The summed E-state index contributed by atoms with van der Waals surface area (Å²) >= 11 is 5.82. The van der Waals surface area contributed by atoms with Crippen LogP contribution >= 0.6 is 11.6 Å². The van der Waals surface area contributed by atoms with Crippen molar-refractivity contribution in [1.29, 1.82) is 0 Å². The third-order valence-electron chi connectivity index (χ3n) is 4.56. The number of hydrogen-bond acceptors (Lipinski definition) is 3. The van der Waals surface area contributed by atoms with Gasteiger partial charge in [-0.05, 0) is 29.3 Å². The second-order valence-corrected chi connectivity index (χ2v) is 7.30. The zero-order valence-corrected chi connectivity index (χ0v) is 17.2. The van der Waals surface area contributed by atoms with Gasteiger partial charge in [-0.3, -0.25) is 9.48 Å². The van der Waals surface area contributed by atoms with Crippen molar-refractivity contribution in [2.75, 3.05) is 5.32 Å². The van der Waals surface area contributed by atoms with E-state index in [1.165, 1.54) is 18.2 Å². The van der Waals surface area contributed by atoms with Gasteiger partial charge in [0.25, 0.3) is 5.91 Å². The number of aromatic nitrogens is 2. The van der Waals surface area contributed by atoms with E-state index in [1.54, 1.807) is 10.9 Å². The van der Waals surface area contributed by atoms with Crippen molar-refractivity contribution in [2.24, 2.45) is 0 Å². The number of ether oxygens (including phenoxy) is 1. The molecule has 1 N–H and O–H groups in total. The highest BCUT2D eigenvalue weighted by Crippen LogP contribution is 2.23. The highest BCUT2D eigenvalue weighted by Gasteiger charge is 2.19. The van der Waals surface area contributed by atoms with E-state index in [4.69, 9.17) is 16.3 Å². The molecule has 0 saturated carbocycles. The molecule has 0 radical (unpaired) electrons. The molecule has 156 valence electrons. The summed E-state index contributed by atoms with van der Waals surface area (Å²) in [4.78, 5) is 12.9. The van der Waals surface area contributed by atoms with Crippen LogP contribution in [0.2, 0.25) is 5.02 Å². The second-order valence-electron chi connectivity index (χ2n) is 6.89. The zero-order chi connectivity index (χ0) is 21.6. The number of halogens is 2. The molecule has 0 saturated heterocycles. The molecule has 0 fully saturated rings. The fourth-order valence-corrected chi connectivity index (χ4v) is 3.20. The van der Waals surface area contributed by atoms with Crippen LogP contribution in [0.5, 0.6) is 5.88 Å². The van der Waals surface area contributed by atoms with E-state index in [0.717, 1.165) is 11.1 Å². The van der Waals surface area contributed by atoms with Crippen molar-refractivity contribution < 1.29 is 13.9 Å². The molecule has 0 atom stereocenters. The van der Waals surface area contributed by atoms with Crippen LogP contribution in [0.3, 0.4) is 0 Å². The summed E-state index contributed by atoms with van der Waals surface area (Å²) < 4.78 is 20.9. The molecule has 4 aromatic rings. The van der Waals surface area contributed by atoms with Crippen LogP contribution in [0, 0.1) is 5.82 Å². The van der Waals surface area contributed by atoms with Crippen LogP contribution in [0.25, 0.3) is 0 Å². The molecule has 1 heterocycles. The molecule has 5 nitrogen and oxygen atoms in total. The molecule has 0 spiro atoms. The van der Waals surface area contributed by atoms with Gasteiger partial charge in [0.2, 0.25) is 5.88 Å². The first-order chi connectivity index (χ1) is 15.1. The molecular formula is C24H19ClFN3O2. The molecule has 1 amide bonds. The van der Waals surface area contributed by atoms with Gasteiger partial charge in [-0.25, -0.2) is 4.39 Å². The second kappa shape index (κ2) is 9.45. The van der Waals surface area contributed by atoms with Crippen molar-refractivity contribution >= 4 is 23.2 Å². The Bertz CT molecular complexity index is 1180. The van der Waals surface area contributed by atoms with Crippen molar-refractivity contribution in [3.8, 4) is 5.88 Å². The first-order valence-electron chi connectivity index (χ1n) is 9.63. The van der Waals surface area contributed by atoms with Crippen molar-refractivity contribution in [3.05, 3.63) is 113 Å². The monoisotopic (exact) mass is 435 g/mol. The summed E-state index contributed by atoms with van der Waals surface area (Å²) in [7, 11) is 0. The number of carbonyl (C=O) groups excluding carboxylic acids is 1. The normalized spacial score (nSPS) is 10.6. The highest BCUT2D eigenvalue weighted by molar-refractivity contribution is 6.31. The van der Waals surface area contributed by atoms with E-state index in [1.807, 2.05) is 60.7 Å². The van der Waals surface area contributed by atoms with Crippen molar-refractivity contribution in [3.63, 3.8) is 0 Å². The lowest BCUT2D eigenvalue weighted by Crippen LogP contribution is -2.13.